The van der Waals surface area contributed by atoms with Crippen LogP contribution in [0.25, 0.3) is 16.3 Å². The summed E-state index contributed by atoms with van der Waals surface area (Å²) < 4.78 is 0. The molecular weight excluding hydrogens is 182 g/mol. The van der Waals surface area contributed by atoms with Gasteiger partial charge in [-0.3, -0.25) is 0 Å². The van der Waals surface area contributed by atoms with Gasteiger partial charge >= 0.3 is 0 Å². The zero-order valence-electron chi connectivity index (χ0n) is 8.53. The van der Waals surface area contributed by atoms with Gasteiger partial charge in [-0.15, -0.1) is 0 Å². The standard InChI is InChI=1S/C14H13N/c1-9-8-13(15)12-7-3-5-10-4-2-6-11(9)14(10)12/h2-7,13H,1,8,15H2/t13-/m0/s1. The van der Waals surface area contributed by atoms with E-state index in [0.717, 1.165) is 12.0 Å². The highest BCUT2D eigenvalue weighted by Crippen LogP contribution is 2.39. The third-order valence-electron chi connectivity index (χ3n) is 3.18. The molecule has 74 valence electrons. The fourth-order valence-corrected chi connectivity index (χ4v) is 2.46. The first-order valence-corrected chi connectivity index (χ1v) is 5.23. The second kappa shape index (κ2) is 2.94. The van der Waals surface area contributed by atoms with Crippen molar-refractivity contribution in [1.29, 1.82) is 0 Å². The molecule has 2 aromatic rings. The molecule has 1 atom stereocenters. The van der Waals surface area contributed by atoms with Crippen LogP contribution >= 0.6 is 0 Å². The number of hydrogen-bond donors (Lipinski definition) is 1. The van der Waals surface area contributed by atoms with E-state index in [1.165, 1.54) is 21.9 Å². The summed E-state index contributed by atoms with van der Waals surface area (Å²) in [6.07, 6.45) is 0.871. The average Bonchev–Trinajstić information content (AvgIpc) is 2.25. The Kier molecular flexibility index (Phi) is 1.70. The van der Waals surface area contributed by atoms with Gasteiger partial charge in [-0.1, -0.05) is 43.0 Å². The van der Waals surface area contributed by atoms with Crippen molar-refractivity contribution < 1.29 is 0 Å². The van der Waals surface area contributed by atoms with Crippen molar-refractivity contribution in [1.82, 2.24) is 0 Å². The zero-order chi connectivity index (χ0) is 10.4. The fraction of sp³-hybridized carbons (Fsp3) is 0.143. The van der Waals surface area contributed by atoms with Gasteiger partial charge in [-0.2, -0.15) is 0 Å². The molecule has 0 fully saturated rings. The minimum absolute atomic E-state index is 0.107. The van der Waals surface area contributed by atoms with Crippen molar-refractivity contribution in [2.45, 2.75) is 12.5 Å². The summed E-state index contributed by atoms with van der Waals surface area (Å²) in [5.74, 6) is 0. The molecule has 0 saturated carbocycles. The van der Waals surface area contributed by atoms with Crippen LogP contribution in [-0.4, -0.2) is 0 Å². The van der Waals surface area contributed by atoms with Crippen LogP contribution in [0.3, 0.4) is 0 Å². The second-order valence-electron chi connectivity index (χ2n) is 4.17. The molecular formula is C14H13N. The van der Waals surface area contributed by atoms with E-state index >= 15 is 0 Å². The molecule has 0 unspecified atom stereocenters. The molecule has 1 aliphatic carbocycles. The minimum atomic E-state index is 0.107. The molecule has 15 heavy (non-hydrogen) atoms. The lowest BCUT2D eigenvalue weighted by Gasteiger charge is -2.24. The summed E-state index contributed by atoms with van der Waals surface area (Å²) in [5, 5.41) is 2.56. The highest BCUT2D eigenvalue weighted by molar-refractivity contribution is 5.98. The molecule has 2 N–H and O–H groups in total. The molecule has 1 heteroatoms. The molecule has 2 aromatic carbocycles. The van der Waals surface area contributed by atoms with Crippen LogP contribution in [0.15, 0.2) is 43.0 Å². The van der Waals surface area contributed by atoms with Crippen LogP contribution in [0.5, 0.6) is 0 Å². The van der Waals surface area contributed by atoms with Gasteiger partial charge in [0.2, 0.25) is 0 Å². The first kappa shape index (κ1) is 8.69. The van der Waals surface area contributed by atoms with Gasteiger partial charge in [0, 0.05) is 6.04 Å². The maximum atomic E-state index is 6.13. The van der Waals surface area contributed by atoms with Gasteiger partial charge in [-0.05, 0) is 33.9 Å². The Balaban J connectivity index is 2.50. The molecule has 0 aliphatic heterocycles. The number of hydrogen-bond acceptors (Lipinski definition) is 1. The van der Waals surface area contributed by atoms with Crippen LogP contribution in [0.2, 0.25) is 0 Å². The fourth-order valence-electron chi connectivity index (χ4n) is 2.46. The Hall–Kier alpha value is -1.60. The van der Waals surface area contributed by atoms with Crippen molar-refractivity contribution in [3.8, 4) is 0 Å². The van der Waals surface area contributed by atoms with Gasteiger partial charge in [0.15, 0.2) is 0 Å². The van der Waals surface area contributed by atoms with Crippen molar-refractivity contribution in [2.75, 3.05) is 0 Å². The van der Waals surface area contributed by atoms with Crippen LogP contribution in [0.1, 0.15) is 23.6 Å². The summed E-state index contributed by atoms with van der Waals surface area (Å²) in [6.45, 7) is 4.11. The van der Waals surface area contributed by atoms with E-state index in [0.29, 0.717) is 0 Å². The average molecular weight is 195 g/mol. The number of rotatable bonds is 0. The van der Waals surface area contributed by atoms with Gasteiger partial charge in [0.05, 0.1) is 0 Å². The lowest BCUT2D eigenvalue weighted by molar-refractivity contribution is 0.750. The summed E-state index contributed by atoms with van der Waals surface area (Å²) >= 11 is 0. The molecule has 0 saturated heterocycles. The third-order valence-corrected chi connectivity index (χ3v) is 3.18. The van der Waals surface area contributed by atoms with E-state index in [4.69, 9.17) is 5.73 Å². The Bertz CT molecular complexity index is 549. The molecule has 1 aliphatic rings. The Morgan fingerprint density at radius 2 is 1.87 bits per heavy atom. The van der Waals surface area contributed by atoms with Crippen molar-refractivity contribution in [3.63, 3.8) is 0 Å². The normalized spacial score (nSPS) is 19.5. The third kappa shape index (κ3) is 1.13. The molecule has 0 bridgehead atoms. The van der Waals surface area contributed by atoms with Crippen molar-refractivity contribution >= 4 is 16.3 Å². The largest absolute Gasteiger partial charge is 0.324 e. The predicted octanol–water partition coefficient (Wildman–Crippen LogP) is 3.26. The number of nitrogens with two attached hydrogens (primary N) is 1. The van der Waals surface area contributed by atoms with E-state index in [1.807, 2.05) is 0 Å². The molecule has 0 radical (unpaired) electrons. The summed E-state index contributed by atoms with van der Waals surface area (Å²) in [7, 11) is 0. The lowest BCUT2D eigenvalue weighted by atomic mass is 9.83. The number of benzene rings is 2. The van der Waals surface area contributed by atoms with E-state index < -0.39 is 0 Å². The first-order chi connectivity index (χ1) is 7.27. The monoisotopic (exact) mass is 195 g/mol. The van der Waals surface area contributed by atoms with Crippen molar-refractivity contribution in [2.24, 2.45) is 5.73 Å². The van der Waals surface area contributed by atoms with Crippen LogP contribution in [0.4, 0.5) is 0 Å². The molecule has 0 heterocycles. The predicted molar refractivity (Wildman–Crippen MR) is 64.5 cm³/mol. The SMILES string of the molecule is C=C1C[C@H](N)c2cccc3cccc1c23. The van der Waals surface area contributed by atoms with E-state index in [9.17, 15) is 0 Å². The Morgan fingerprint density at radius 1 is 1.13 bits per heavy atom. The lowest BCUT2D eigenvalue weighted by Crippen LogP contribution is -2.15. The Labute approximate surface area is 89.2 Å². The van der Waals surface area contributed by atoms with Crippen LogP contribution in [-0.2, 0) is 0 Å². The van der Waals surface area contributed by atoms with Gasteiger partial charge in [0.1, 0.15) is 0 Å². The van der Waals surface area contributed by atoms with E-state index in [1.54, 1.807) is 0 Å². The van der Waals surface area contributed by atoms with Crippen LogP contribution in [0, 0.1) is 0 Å². The maximum Gasteiger partial charge on any atom is 0.0342 e. The molecule has 3 rings (SSSR count). The topological polar surface area (TPSA) is 26.0 Å². The van der Waals surface area contributed by atoms with Gasteiger partial charge in [0.25, 0.3) is 0 Å². The van der Waals surface area contributed by atoms with Gasteiger partial charge < -0.3 is 5.73 Å². The highest BCUT2D eigenvalue weighted by atomic mass is 14.6. The second-order valence-corrected chi connectivity index (χ2v) is 4.17. The summed E-state index contributed by atoms with van der Waals surface area (Å²) in [5.41, 5.74) is 9.82. The quantitative estimate of drug-likeness (QED) is 0.686. The molecule has 1 nitrogen and oxygen atoms in total. The molecule has 0 spiro atoms. The Morgan fingerprint density at radius 3 is 2.67 bits per heavy atom. The highest BCUT2D eigenvalue weighted by Gasteiger charge is 2.20. The minimum Gasteiger partial charge on any atom is -0.324 e. The van der Waals surface area contributed by atoms with E-state index in [2.05, 4.69) is 43.0 Å². The smallest absolute Gasteiger partial charge is 0.0342 e. The molecule has 0 aromatic heterocycles. The zero-order valence-corrected chi connectivity index (χ0v) is 8.53. The summed E-state index contributed by atoms with van der Waals surface area (Å²) in [4.78, 5) is 0. The van der Waals surface area contributed by atoms with Crippen molar-refractivity contribution in [3.05, 3.63) is 54.1 Å². The first-order valence-electron chi connectivity index (χ1n) is 5.23. The molecule has 0 amide bonds. The maximum absolute atomic E-state index is 6.13. The summed E-state index contributed by atoms with van der Waals surface area (Å²) in [6, 6.07) is 12.8. The van der Waals surface area contributed by atoms with Gasteiger partial charge in [-0.25, -0.2) is 0 Å². The van der Waals surface area contributed by atoms with Crippen LogP contribution < -0.4 is 5.73 Å². The van der Waals surface area contributed by atoms with E-state index in [-0.39, 0.29) is 6.04 Å².